The van der Waals surface area contributed by atoms with Crippen molar-refractivity contribution in [2.24, 2.45) is 0 Å². The molecule has 1 amide bonds. The number of likely N-dealkylation sites (tertiary alicyclic amines) is 1. The Bertz CT molecular complexity index is 1200. The van der Waals surface area contributed by atoms with Gasteiger partial charge in [0.05, 0.1) is 12.4 Å². The second-order valence-corrected chi connectivity index (χ2v) is 8.04. The molecule has 1 aliphatic heterocycles. The molecule has 7 nitrogen and oxygen atoms in total. The molecule has 0 radical (unpaired) electrons. The highest BCUT2D eigenvalue weighted by Crippen LogP contribution is 2.31. The Morgan fingerprint density at radius 2 is 2.03 bits per heavy atom. The van der Waals surface area contributed by atoms with E-state index < -0.39 is 0 Å². The summed E-state index contributed by atoms with van der Waals surface area (Å²) in [5.74, 6) is 1.06. The van der Waals surface area contributed by atoms with Gasteiger partial charge in [-0.3, -0.25) is 9.89 Å². The molecule has 1 saturated heterocycles. The van der Waals surface area contributed by atoms with E-state index in [1.54, 1.807) is 24.7 Å². The monoisotopic (exact) mass is 430 g/mol. The van der Waals surface area contributed by atoms with Crippen LogP contribution in [0.4, 0.5) is 4.39 Å². The number of carbonyl (C=O) groups is 1. The first-order valence-electron chi connectivity index (χ1n) is 10.7. The van der Waals surface area contributed by atoms with Crippen LogP contribution in [0.5, 0.6) is 0 Å². The molecule has 8 heteroatoms. The van der Waals surface area contributed by atoms with Gasteiger partial charge in [-0.25, -0.2) is 14.4 Å². The van der Waals surface area contributed by atoms with Crippen molar-refractivity contribution in [1.29, 1.82) is 0 Å². The lowest BCUT2D eigenvalue weighted by Gasteiger charge is -2.23. The third kappa shape index (κ3) is 4.30. The van der Waals surface area contributed by atoms with E-state index in [4.69, 9.17) is 0 Å². The lowest BCUT2D eigenvalue weighted by molar-refractivity contribution is 0.0730. The minimum Gasteiger partial charge on any atom is -0.333 e. The van der Waals surface area contributed by atoms with Crippen LogP contribution in [0.25, 0.3) is 0 Å². The number of rotatable bonds is 6. The summed E-state index contributed by atoms with van der Waals surface area (Å²) < 4.78 is 15.1. The summed E-state index contributed by atoms with van der Waals surface area (Å²) in [6, 6.07) is 13.9. The minimum absolute atomic E-state index is 0.00938. The van der Waals surface area contributed by atoms with Crippen LogP contribution in [0.2, 0.25) is 0 Å². The molecule has 0 bridgehead atoms. The van der Waals surface area contributed by atoms with Gasteiger partial charge in [0.1, 0.15) is 11.6 Å². The first-order valence-corrected chi connectivity index (χ1v) is 10.7. The van der Waals surface area contributed by atoms with Gasteiger partial charge < -0.3 is 9.47 Å². The standard InChI is InChI=1S/C24H23FN6O/c25-20-8-6-17(7-9-20)14-22-27-23(29-28-22)21-5-2-11-31(21)24(32)19-4-1-3-18(13-19)15-30-12-10-26-16-30/h1,3-4,6-10,12-13,16,21H,2,5,11,14-15H2,(H,27,28,29). The van der Waals surface area contributed by atoms with Crippen molar-refractivity contribution in [3.63, 3.8) is 0 Å². The number of hydrogen-bond donors (Lipinski definition) is 1. The molecule has 0 spiro atoms. The fourth-order valence-electron chi connectivity index (χ4n) is 4.17. The largest absolute Gasteiger partial charge is 0.333 e. The van der Waals surface area contributed by atoms with Crippen LogP contribution in [-0.4, -0.2) is 42.1 Å². The Morgan fingerprint density at radius 1 is 1.16 bits per heavy atom. The van der Waals surface area contributed by atoms with E-state index in [-0.39, 0.29) is 17.8 Å². The molecule has 1 atom stereocenters. The second kappa shape index (κ2) is 8.74. The number of carbonyl (C=O) groups excluding carboxylic acids is 1. The van der Waals surface area contributed by atoms with E-state index in [2.05, 4.69) is 20.2 Å². The Kier molecular flexibility index (Phi) is 5.49. The Balaban J connectivity index is 1.31. The van der Waals surface area contributed by atoms with Crippen LogP contribution in [0, 0.1) is 5.82 Å². The predicted molar refractivity (Wildman–Crippen MR) is 116 cm³/mol. The van der Waals surface area contributed by atoms with E-state index in [9.17, 15) is 9.18 Å². The van der Waals surface area contributed by atoms with Crippen molar-refractivity contribution < 1.29 is 9.18 Å². The molecular weight excluding hydrogens is 407 g/mol. The van der Waals surface area contributed by atoms with E-state index in [0.29, 0.717) is 36.7 Å². The molecule has 162 valence electrons. The fourth-order valence-corrected chi connectivity index (χ4v) is 4.17. The Morgan fingerprint density at radius 3 is 2.84 bits per heavy atom. The Hall–Kier alpha value is -3.81. The van der Waals surface area contributed by atoms with Crippen molar-refractivity contribution in [2.45, 2.75) is 31.8 Å². The predicted octanol–water partition coefficient (Wildman–Crippen LogP) is 3.76. The molecule has 0 saturated carbocycles. The van der Waals surface area contributed by atoms with Crippen LogP contribution in [0.1, 0.15) is 52.0 Å². The number of benzene rings is 2. The molecule has 2 aromatic heterocycles. The maximum atomic E-state index is 13.3. The van der Waals surface area contributed by atoms with Crippen molar-refractivity contribution in [2.75, 3.05) is 6.54 Å². The molecule has 1 aliphatic rings. The number of H-pyrrole nitrogens is 1. The average Bonchev–Trinajstić information content (AvgIpc) is 3.57. The van der Waals surface area contributed by atoms with Gasteiger partial charge in [0.2, 0.25) is 0 Å². The molecule has 5 rings (SSSR count). The van der Waals surface area contributed by atoms with Crippen LogP contribution in [0.3, 0.4) is 0 Å². The van der Waals surface area contributed by atoms with Gasteiger partial charge in [-0.2, -0.15) is 5.10 Å². The average molecular weight is 430 g/mol. The molecule has 2 aromatic carbocycles. The van der Waals surface area contributed by atoms with Gasteiger partial charge in [-0.05, 0) is 48.2 Å². The summed E-state index contributed by atoms with van der Waals surface area (Å²) in [5, 5.41) is 7.37. The Labute approximate surface area is 184 Å². The zero-order chi connectivity index (χ0) is 21.9. The van der Waals surface area contributed by atoms with Crippen LogP contribution in [0.15, 0.2) is 67.3 Å². The maximum Gasteiger partial charge on any atom is 0.254 e. The summed E-state index contributed by atoms with van der Waals surface area (Å²) in [7, 11) is 0. The topological polar surface area (TPSA) is 79.7 Å². The van der Waals surface area contributed by atoms with E-state index >= 15 is 0 Å². The highest BCUT2D eigenvalue weighted by atomic mass is 19.1. The number of hydrogen-bond acceptors (Lipinski definition) is 4. The number of nitrogens with one attached hydrogen (secondary N) is 1. The van der Waals surface area contributed by atoms with E-state index in [1.165, 1.54) is 12.1 Å². The highest BCUT2D eigenvalue weighted by Gasteiger charge is 2.33. The number of imidazole rings is 1. The molecule has 1 N–H and O–H groups in total. The number of amides is 1. The summed E-state index contributed by atoms with van der Waals surface area (Å²) >= 11 is 0. The number of aromatic nitrogens is 5. The highest BCUT2D eigenvalue weighted by molar-refractivity contribution is 5.94. The zero-order valence-electron chi connectivity index (χ0n) is 17.5. The third-order valence-electron chi connectivity index (χ3n) is 5.74. The molecule has 3 heterocycles. The second-order valence-electron chi connectivity index (χ2n) is 8.04. The van der Waals surface area contributed by atoms with Gasteiger partial charge in [0.15, 0.2) is 5.82 Å². The maximum absolute atomic E-state index is 13.3. The van der Waals surface area contributed by atoms with Gasteiger partial charge in [-0.1, -0.05) is 24.3 Å². The van der Waals surface area contributed by atoms with Crippen molar-refractivity contribution >= 4 is 5.91 Å². The number of halogens is 1. The quantitative estimate of drug-likeness (QED) is 0.505. The number of nitrogens with zero attached hydrogens (tertiary/aromatic N) is 5. The lowest BCUT2D eigenvalue weighted by Crippen LogP contribution is -2.31. The molecule has 32 heavy (non-hydrogen) atoms. The third-order valence-corrected chi connectivity index (χ3v) is 5.74. The van der Waals surface area contributed by atoms with Crippen molar-refractivity contribution in [1.82, 2.24) is 29.6 Å². The lowest BCUT2D eigenvalue weighted by atomic mass is 10.1. The van der Waals surface area contributed by atoms with E-state index in [0.717, 1.165) is 24.0 Å². The molecule has 1 unspecified atom stereocenters. The summed E-state index contributed by atoms with van der Waals surface area (Å²) in [6.45, 7) is 1.34. The van der Waals surface area contributed by atoms with Gasteiger partial charge in [0, 0.05) is 37.5 Å². The van der Waals surface area contributed by atoms with Crippen LogP contribution in [-0.2, 0) is 13.0 Å². The van der Waals surface area contributed by atoms with Gasteiger partial charge >= 0.3 is 0 Å². The SMILES string of the molecule is O=C(c1cccc(Cn2ccnc2)c1)N1CCCC1c1n[nH]c(Cc2ccc(F)cc2)n1. The van der Waals surface area contributed by atoms with Crippen LogP contribution < -0.4 is 0 Å². The zero-order valence-corrected chi connectivity index (χ0v) is 17.5. The molecule has 1 fully saturated rings. The number of aromatic amines is 1. The van der Waals surface area contributed by atoms with Crippen molar-refractivity contribution in [3.05, 3.63) is 101 Å². The van der Waals surface area contributed by atoms with Gasteiger partial charge in [-0.15, -0.1) is 0 Å². The summed E-state index contributed by atoms with van der Waals surface area (Å²) in [5.41, 5.74) is 2.66. The normalized spacial score (nSPS) is 15.9. The smallest absolute Gasteiger partial charge is 0.254 e. The summed E-state index contributed by atoms with van der Waals surface area (Å²) in [6.07, 6.45) is 7.67. The minimum atomic E-state index is -0.263. The first kappa shape index (κ1) is 20.1. The van der Waals surface area contributed by atoms with E-state index in [1.807, 2.05) is 39.9 Å². The fraction of sp³-hybridized carbons (Fsp3) is 0.250. The van der Waals surface area contributed by atoms with Crippen molar-refractivity contribution in [3.8, 4) is 0 Å². The summed E-state index contributed by atoms with van der Waals surface area (Å²) in [4.78, 5) is 23.9. The molecule has 4 aromatic rings. The molecular formula is C24H23FN6O. The molecule has 0 aliphatic carbocycles. The van der Waals surface area contributed by atoms with Crippen LogP contribution >= 0.6 is 0 Å². The first-order chi connectivity index (χ1) is 15.7. The van der Waals surface area contributed by atoms with Gasteiger partial charge in [0.25, 0.3) is 5.91 Å².